The summed E-state index contributed by atoms with van der Waals surface area (Å²) in [5.41, 5.74) is 0. The molecule has 0 spiro atoms. The lowest BCUT2D eigenvalue weighted by Gasteiger charge is -2.21. The van der Waals surface area contributed by atoms with Crippen LogP contribution in [-0.2, 0) is 55.8 Å². The first-order valence-corrected chi connectivity index (χ1v) is 51.1. The van der Waals surface area contributed by atoms with Crippen LogP contribution in [0.4, 0.5) is 0 Å². The van der Waals surface area contributed by atoms with Crippen LogP contribution in [0.3, 0.4) is 0 Å². The SMILES string of the molecule is CC/C=C\C/C=C\C/C=C\C/C=C\C/C=C\C/C=C\CCCCCCCCCCCCCCCCCCC(=O)OCC(O)COP(=O)(O)OCC(O)COP(=O)(O)OCC(COC(=O)CCCCCCCCCCCCCCCCCC/C=C\C/C=C\C/C=C\C/C=C\C/C=C\C/C=C\CC)OC(=O)CCCCCCCCCCCCCCC. The van der Waals surface area contributed by atoms with Gasteiger partial charge in [0.1, 0.15) is 25.4 Å². The quantitative estimate of drug-likeness (QED) is 0.0146. The second-order valence-corrected chi connectivity index (χ2v) is 35.0. The van der Waals surface area contributed by atoms with Gasteiger partial charge in [0, 0.05) is 19.3 Å². The molecule has 4 N–H and O–H groups in total. The smallest absolute Gasteiger partial charge is 0.463 e. The van der Waals surface area contributed by atoms with Crippen LogP contribution in [0.5, 0.6) is 0 Å². The van der Waals surface area contributed by atoms with Crippen molar-refractivity contribution in [1.82, 2.24) is 0 Å². The monoisotopic (exact) mass is 1710 g/mol. The molecule has 0 rings (SSSR count). The summed E-state index contributed by atoms with van der Waals surface area (Å²) in [5, 5.41) is 20.7. The number of phosphoric acid groups is 2. The zero-order valence-corrected chi connectivity index (χ0v) is 77.5. The van der Waals surface area contributed by atoms with E-state index in [4.69, 9.17) is 32.3 Å². The number of phosphoric ester groups is 2. The van der Waals surface area contributed by atoms with Gasteiger partial charge in [0.15, 0.2) is 6.10 Å². The van der Waals surface area contributed by atoms with E-state index < -0.39 is 91.5 Å². The highest BCUT2D eigenvalue weighted by atomic mass is 31.2. The summed E-state index contributed by atoms with van der Waals surface area (Å²) in [6.07, 6.45) is 118. The van der Waals surface area contributed by atoms with Gasteiger partial charge in [-0.25, -0.2) is 9.13 Å². The molecular weight excluding hydrogens is 1530 g/mol. The third-order valence-electron chi connectivity index (χ3n) is 20.6. The number of aliphatic hydroxyl groups excluding tert-OH is 2. The predicted molar refractivity (Wildman–Crippen MR) is 500 cm³/mol. The summed E-state index contributed by atoms with van der Waals surface area (Å²) in [6.45, 7) is 2.52. The molecule has 5 atom stereocenters. The predicted octanol–water partition coefficient (Wildman–Crippen LogP) is 29.9. The number of esters is 3. The van der Waals surface area contributed by atoms with E-state index in [-0.39, 0.29) is 19.3 Å². The lowest BCUT2D eigenvalue weighted by atomic mass is 10.0. The summed E-state index contributed by atoms with van der Waals surface area (Å²) in [6, 6.07) is 0. The number of hydrogen-bond donors (Lipinski definition) is 4. The van der Waals surface area contributed by atoms with Crippen LogP contribution < -0.4 is 0 Å². The molecule has 0 aliphatic rings. The summed E-state index contributed by atoms with van der Waals surface area (Å²) >= 11 is 0. The van der Waals surface area contributed by atoms with Gasteiger partial charge in [-0.2, -0.15) is 0 Å². The number of carbonyl (C=O) groups excluding carboxylic acids is 3. The van der Waals surface area contributed by atoms with E-state index in [1.807, 2.05) is 0 Å². The minimum atomic E-state index is -4.93. The third-order valence-corrected chi connectivity index (χ3v) is 22.5. The fourth-order valence-electron chi connectivity index (χ4n) is 13.3. The van der Waals surface area contributed by atoms with Crippen molar-refractivity contribution in [2.75, 3.05) is 39.6 Å². The first-order chi connectivity index (χ1) is 58.2. The maximum atomic E-state index is 13.0. The van der Waals surface area contributed by atoms with Gasteiger partial charge in [-0.05, 0) is 122 Å². The minimum Gasteiger partial charge on any atom is -0.463 e. The zero-order valence-electron chi connectivity index (χ0n) is 75.8. The third kappa shape index (κ3) is 94.0. The molecule has 18 heteroatoms. The Balaban J connectivity index is 4.36. The number of ether oxygens (including phenoxy) is 3. The van der Waals surface area contributed by atoms with Crippen molar-refractivity contribution in [2.45, 2.75) is 437 Å². The van der Waals surface area contributed by atoms with Gasteiger partial charge < -0.3 is 34.2 Å². The summed E-state index contributed by atoms with van der Waals surface area (Å²) in [5.74, 6) is -1.55. The molecule has 0 aliphatic heterocycles. The molecule has 0 aromatic carbocycles. The van der Waals surface area contributed by atoms with Crippen molar-refractivity contribution < 1.29 is 75.8 Å². The number of rotatable bonds is 91. The second kappa shape index (κ2) is 92.6. The molecule has 0 bridgehead atoms. The molecule has 0 saturated heterocycles. The Bertz CT molecular complexity index is 2740. The van der Waals surface area contributed by atoms with Crippen LogP contribution in [0.15, 0.2) is 146 Å². The van der Waals surface area contributed by atoms with Gasteiger partial charge in [0.25, 0.3) is 0 Å². The summed E-state index contributed by atoms with van der Waals surface area (Å²) < 4.78 is 61.4. The largest absolute Gasteiger partial charge is 0.472 e. The highest BCUT2D eigenvalue weighted by Crippen LogP contribution is 2.45. The molecule has 0 fully saturated rings. The van der Waals surface area contributed by atoms with Crippen molar-refractivity contribution in [3.05, 3.63) is 146 Å². The molecule has 0 radical (unpaired) electrons. The second-order valence-electron chi connectivity index (χ2n) is 32.1. The van der Waals surface area contributed by atoms with Gasteiger partial charge in [0.2, 0.25) is 0 Å². The summed E-state index contributed by atoms with van der Waals surface area (Å²) in [4.78, 5) is 58.9. The molecule has 0 aromatic rings. The average Bonchev–Trinajstić information content (AvgIpc) is 0.893. The topological polar surface area (TPSA) is 231 Å². The van der Waals surface area contributed by atoms with Crippen molar-refractivity contribution in [3.8, 4) is 0 Å². The highest BCUT2D eigenvalue weighted by molar-refractivity contribution is 7.47. The van der Waals surface area contributed by atoms with Gasteiger partial charge in [-0.1, -0.05) is 423 Å². The van der Waals surface area contributed by atoms with Crippen molar-refractivity contribution in [3.63, 3.8) is 0 Å². The van der Waals surface area contributed by atoms with Crippen molar-refractivity contribution in [1.29, 1.82) is 0 Å². The molecule has 5 unspecified atom stereocenters. The van der Waals surface area contributed by atoms with E-state index in [1.165, 1.54) is 218 Å². The van der Waals surface area contributed by atoms with Crippen LogP contribution >= 0.6 is 15.6 Å². The Morgan fingerprint density at radius 1 is 0.244 bits per heavy atom. The normalized spacial score (nSPS) is 14.4. The molecule has 119 heavy (non-hydrogen) atoms. The lowest BCUT2D eigenvalue weighted by Crippen LogP contribution is -2.30. The summed E-state index contributed by atoms with van der Waals surface area (Å²) in [7, 11) is -9.79. The van der Waals surface area contributed by atoms with E-state index in [2.05, 4.69) is 167 Å². The maximum absolute atomic E-state index is 13.0. The Kier molecular flexibility index (Phi) is 89.1. The Morgan fingerprint density at radius 3 is 0.706 bits per heavy atom. The molecule has 16 nitrogen and oxygen atoms in total. The first kappa shape index (κ1) is 114. The number of carbonyl (C=O) groups is 3. The Morgan fingerprint density at radius 2 is 0.445 bits per heavy atom. The van der Waals surface area contributed by atoms with E-state index in [9.17, 15) is 43.5 Å². The molecule has 0 heterocycles. The lowest BCUT2D eigenvalue weighted by molar-refractivity contribution is -0.161. The fourth-order valence-corrected chi connectivity index (χ4v) is 14.9. The van der Waals surface area contributed by atoms with Crippen LogP contribution in [0, 0.1) is 0 Å². The van der Waals surface area contributed by atoms with Gasteiger partial charge in [-0.3, -0.25) is 32.5 Å². The Labute approximate surface area is 728 Å². The van der Waals surface area contributed by atoms with Gasteiger partial charge in [0.05, 0.1) is 26.4 Å². The van der Waals surface area contributed by atoms with E-state index in [0.29, 0.717) is 19.3 Å². The van der Waals surface area contributed by atoms with Crippen molar-refractivity contribution in [2.24, 2.45) is 0 Å². The molecule has 0 aromatic heterocycles. The zero-order chi connectivity index (χ0) is 86.5. The van der Waals surface area contributed by atoms with Crippen LogP contribution in [0.25, 0.3) is 0 Å². The first-order valence-electron chi connectivity index (χ1n) is 48.1. The average molecular weight is 1710 g/mol. The van der Waals surface area contributed by atoms with Gasteiger partial charge in [-0.15, -0.1) is 0 Å². The highest BCUT2D eigenvalue weighted by Gasteiger charge is 2.30. The molecule has 686 valence electrons. The number of aliphatic hydroxyl groups is 2. The van der Waals surface area contributed by atoms with E-state index in [1.54, 1.807) is 0 Å². The molecule has 0 saturated carbocycles. The molecule has 0 aliphatic carbocycles. The Hall–Kier alpha value is -4.57. The molecular formula is C101H176O16P2. The maximum Gasteiger partial charge on any atom is 0.472 e. The van der Waals surface area contributed by atoms with Crippen LogP contribution in [0.2, 0.25) is 0 Å². The standard InChI is InChI=1S/C101H176O16P2/c1-4-7-10-13-16-19-22-25-27-29-31-33-35-37-39-41-43-45-47-49-51-53-55-57-59-61-63-65-67-70-72-75-78-81-84-87-99(104)111-90-96(102)91-113-118(107,108)114-92-97(103)93-115-119(109,110)116-95-98(117-101(106)89-86-83-80-77-74-69-24-21-18-15-12-9-6-3)94-112-100(105)88-85-82-79-76-73-71-68-66-64-62-60-58-56-54-52-50-48-46-44-42-40-38-36-34-32-30-28-26-23-20-17-14-11-8-5-2/h7-8,10-11,16-17,19-20,25-28,31-34,37-40,43-46,96-98,102-103H,4-6,9,12-15,18,21-24,29-30,35-36,41-42,47-95H2,1-3H3,(H,107,108)(H,109,110)/b10-7-,11-8-,19-16-,20-17-,27-25-,28-26-,33-31-,34-32-,39-37-,40-38-,45-43-,46-44-. The van der Waals surface area contributed by atoms with E-state index >= 15 is 0 Å². The number of unbranched alkanes of at least 4 members (excludes halogenated alkanes) is 44. The number of allylic oxidation sites excluding steroid dienone is 24. The van der Waals surface area contributed by atoms with Crippen molar-refractivity contribution >= 4 is 33.6 Å². The fraction of sp³-hybridized carbons (Fsp3) is 0.733. The van der Waals surface area contributed by atoms with Crippen LogP contribution in [0.1, 0.15) is 419 Å². The van der Waals surface area contributed by atoms with Gasteiger partial charge >= 0.3 is 33.6 Å². The number of hydrogen-bond acceptors (Lipinski definition) is 14. The van der Waals surface area contributed by atoms with E-state index in [0.717, 1.165) is 141 Å². The molecule has 0 amide bonds. The van der Waals surface area contributed by atoms with Crippen LogP contribution in [-0.4, -0.2) is 95.9 Å². The minimum absolute atomic E-state index is 0.109.